The van der Waals surface area contributed by atoms with Gasteiger partial charge in [-0.2, -0.15) is 0 Å². The Morgan fingerprint density at radius 2 is 1.82 bits per heavy atom. The Morgan fingerprint density at radius 1 is 1.18 bits per heavy atom. The van der Waals surface area contributed by atoms with Gasteiger partial charge in [0.15, 0.2) is 0 Å². The molecule has 1 aromatic rings. The highest BCUT2D eigenvalue weighted by Gasteiger charge is 2.37. The maximum atomic E-state index is 9.85. The summed E-state index contributed by atoms with van der Waals surface area (Å²) in [7, 11) is 0. The van der Waals surface area contributed by atoms with Gasteiger partial charge in [0.1, 0.15) is 18.0 Å². The van der Waals surface area contributed by atoms with E-state index in [9.17, 15) is 15.3 Å². The smallest absolute Gasteiger partial charge is 0.115 e. The molecule has 4 N–H and O–H groups in total. The second-order valence-corrected chi connectivity index (χ2v) is 4.25. The summed E-state index contributed by atoms with van der Waals surface area (Å²) < 4.78 is 5.50. The molecular formula is C12H16O5. The summed E-state index contributed by atoms with van der Waals surface area (Å²) in [5, 5.41) is 37.8. The average molecular weight is 240 g/mol. The van der Waals surface area contributed by atoms with Gasteiger partial charge in [0.05, 0.1) is 18.8 Å². The van der Waals surface area contributed by atoms with E-state index in [1.54, 1.807) is 12.1 Å². The monoisotopic (exact) mass is 240 g/mol. The Bertz CT molecular complexity index is 364. The third-order valence-corrected chi connectivity index (χ3v) is 2.97. The molecule has 1 saturated heterocycles. The van der Waals surface area contributed by atoms with Crippen LogP contribution in [0.15, 0.2) is 24.3 Å². The fraction of sp³-hybridized carbons (Fsp3) is 0.500. The number of hydrogen-bond donors (Lipinski definition) is 4. The minimum absolute atomic E-state index is 0.123. The van der Waals surface area contributed by atoms with Crippen LogP contribution in [0.4, 0.5) is 0 Å². The third-order valence-electron chi connectivity index (χ3n) is 2.97. The molecule has 0 amide bonds. The van der Waals surface area contributed by atoms with E-state index in [0.29, 0.717) is 5.56 Å². The Balaban J connectivity index is 2.20. The van der Waals surface area contributed by atoms with Crippen LogP contribution in [-0.2, 0) is 4.74 Å². The molecule has 1 aromatic carbocycles. The fourth-order valence-electron chi connectivity index (χ4n) is 2.01. The predicted octanol–water partition coefficient (Wildman–Crippen LogP) is -0.0637. The average Bonchev–Trinajstić information content (AvgIpc) is 2.34. The largest absolute Gasteiger partial charge is 0.508 e. The van der Waals surface area contributed by atoms with E-state index >= 15 is 0 Å². The summed E-state index contributed by atoms with van der Waals surface area (Å²) in [4.78, 5) is 0. The van der Waals surface area contributed by atoms with Crippen LogP contribution in [0.3, 0.4) is 0 Å². The van der Waals surface area contributed by atoms with Gasteiger partial charge in [0.25, 0.3) is 0 Å². The minimum Gasteiger partial charge on any atom is -0.508 e. The highest BCUT2D eigenvalue weighted by molar-refractivity contribution is 5.28. The van der Waals surface area contributed by atoms with E-state index in [4.69, 9.17) is 9.84 Å². The van der Waals surface area contributed by atoms with E-state index in [-0.39, 0.29) is 18.8 Å². The van der Waals surface area contributed by atoms with Gasteiger partial charge in [0.2, 0.25) is 0 Å². The molecule has 5 heteroatoms. The maximum Gasteiger partial charge on any atom is 0.115 e. The Hall–Kier alpha value is -1.14. The first-order valence-corrected chi connectivity index (χ1v) is 5.53. The molecule has 94 valence electrons. The molecule has 0 saturated carbocycles. The van der Waals surface area contributed by atoms with Gasteiger partial charge in [-0.15, -0.1) is 0 Å². The zero-order valence-electron chi connectivity index (χ0n) is 9.23. The molecule has 0 spiro atoms. The van der Waals surface area contributed by atoms with Crippen molar-refractivity contribution >= 4 is 0 Å². The van der Waals surface area contributed by atoms with Gasteiger partial charge in [0, 0.05) is 6.42 Å². The van der Waals surface area contributed by atoms with Crippen LogP contribution >= 0.6 is 0 Å². The van der Waals surface area contributed by atoms with E-state index in [1.165, 1.54) is 12.1 Å². The molecule has 1 heterocycles. The molecule has 0 aromatic heterocycles. The second kappa shape index (κ2) is 5.01. The number of aliphatic hydroxyl groups excluding tert-OH is 3. The van der Waals surface area contributed by atoms with Crippen LogP contribution in [0.5, 0.6) is 5.75 Å². The third kappa shape index (κ3) is 2.58. The molecule has 0 unspecified atom stereocenters. The van der Waals surface area contributed by atoms with Crippen LogP contribution in [0.1, 0.15) is 18.1 Å². The van der Waals surface area contributed by atoms with Crippen molar-refractivity contribution in [3.05, 3.63) is 29.8 Å². The van der Waals surface area contributed by atoms with Gasteiger partial charge in [-0.3, -0.25) is 0 Å². The second-order valence-electron chi connectivity index (χ2n) is 4.25. The predicted molar refractivity (Wildman–Crippen MR) is 59.4 cm³/mol. The summed E-state index contributed by atoms with van der Waals surface area (Å²) in [6, 6.07) is 6.21. The van der Waals surface area contributed by atoms with E-state index in [1.807, 2.05) is 0 Å². The van der Waals surface area contributed by atoms with Gasteiger partial charge in [-0.1, -0.05) is 12.1 Å². The lowest BCUT2D eigenvalue weighted by atomic mass is 9.93. The van der Waals surface area contributed by atoms with Crippen molar-refractivity contribution in [2.24, 2.45) is 0 Å². The first-order chi connectivity index (χ1) is 8.11. The molecule has 5 nitrogen and oxygen atoms in total. The zero-order valence-corrected chi connectivity index (χ0v) is 9.23. The SMILES string of the molecule is OC[C@@H]1C[C@H](O)[C@H](O)[C@@H](c2ccc(O)cc2)O1. The van der Waals surface area contributed by atoms with Gasteiger partial charge >= 0.3 is 0 Å². The number of phenols is 1. The van der Waals surface area contributed by atoms with Crippen LogP contribution < -0.4 is 0 Å². The lowest BCUT2D eigenvalue weighted by molar-refractivity contribution is -0.179. The van der Waals surface area contributed by atoms with Crippen LogP contribution in [-0.4, -0.2) is 45.3 Å². The maximum absolute atomic E-state index is 9.85. The van der Waals surface area contributed by atoms with Crippen LogP contribution in [0.25, 0.3) is 0 Å². The van der Waals surface area contributed by atoms with Gasteiger partial charge in [-0.05, 0) is 17.7 Å². The number of benzene rings is 1. The van der Waals surface area contributed by atoms with E-state index in [2.05, 4.69) is 0 Å². The normalized spacial score (nSPS) is 33.6. The van der Waals surface area contributed by atoms with Crippen molar-refractivity contribution in [2.45, 2.75) is 30.8 Å². The number of hydrogen-bond acceptors (Lipinski definition) is 5. The lowest BCUT2D eigenvalue weighted by Gasteiger charge is -2.36. The standard InChI is InChI=1S/C12H16O5/c13-6-9-5-10(15)11(16)12(17-9)7-1-3-8(14)4-2-7/h1-4,9-16H,5-6H2/t9-,10-,11-,12+/m0/s1. The zero-order chi connectivity index (χ0) is 12.4. The Morgan fingerprint density at radius 3 is 2.41 bits per heavy atom. The van der Waals surface area contributed by atoms with Gasteiger partial charge in [-0.25, -0.2) is 0 Å². The molecule has 17 heavy (non-hydrogen) atoms. The van der Waals surface area contributed by atoms with Crippen molar-refractivity contribution in [1.29, 1.82) is 0 Å². The van der Waals surface area contributed by atoms with E-state index in [0.717, 1.165) is 0 Å². The summed E-state index contributed by atoms with van der Waals surface area (Å²) >= 11 is 0. The number of ether oxygens (including phenoxy) is 1. The molecule has 1 fully saturated rings. The first-order valence-electron chi connectivity index (χ1n) is 5.53. The van der Waals surface area contributed by atoms with Crippen molar-refractivity contribution in [3.8, 4) is 5.75 Å². The van der Waals surface area contributed by atoms with Gasteiger partial charge < -0.3 is 25.2 Å². The Labute approximate surface area is 98.9 Å². The summed E-state index contributed by atoms with van der Waals surface area (Å²) in [5.41, 5.74) is 0.660. The van der Waals surface area contributed by atoms with E-state index < -0.39 is 24.4 Å². The fourth-order valence-corrected chi connectivity index (χ4v) is 2.01. The van der Waals surface area contributed by atoms with Crippen LogP contribution in [0, 0.1) is 0 Å². The number of aromatic hydroxyl groups is 1. The molecule has 1 aliphatic rings. The highest BCUT2D eigenvalue weighted by Crippen LogP contribution is 2.32. The molecule has 0 aliphatic carbocycles. The molecule has 0 bridgehead atoms. The van der Waals surface area contributed by atoms with Crippen molar-refractivity contribution in [1.82, 2.24) is 0 Å². The topological polar surface area (TPSA) is 90.2 Å². The minimum atomic E-state index is -1.03. The molecule has 1 aliphatic heterocycles. The van der Waals surface area contributed by atoms with Crippen LogP contribution in [0.2, 0.25) is 0 Å². The number of rotatable bonds is 2. The summed E-state index contributed by atoms with van der Waals surface area (Å²) in [6.45, 7) is -0.196. The molecule has 0 radical (unpaired) electrons. The van der Waals surface area contributed by atoms with Crippen molar-refractivity contribution < 1.29 is 25.2 Å². The molecular weight excluding hydrogens is 224 g/mol. The Kier molecular flexibility index (Phi) is 3.63. The quantitative estimate of drug-likeness (QED) is 0.581. The van der Waals surface area contributed by atoms with Crippen molar-refractivity contribution in [3.63, 3.8) is 0 Å². The number of aliphatic hydroxyl groups is 3. The lowest BCUT2D eigenvalue weighted by Crippen LogP contribution is -2.44. The first kappa shape index (κ1) is 12.3. The summed E-state index contributed by atoms with van der Waals surface area (Å²) in [5.74, 6) is 0.123. The summed E-state index contributed by atoms with van der Waals surface area (Å²) in [6.07, 6.45) is -2.89. The highest BCUT2D eigenvalue weighted by atomic mass is 16.5. The molecule has 4 atom stereocenters. The van der Waals surface area contributed by atoms with Crippen molar-refractivity contribution in [2.75, 3.05) is 6.61 Å². The molecule has 2 rings (SSSR count). The number of phenolic OH excluding ortho intramolecular Hbond substituents is 1.